The Kier molecular flexibility index (Phi) is 7.06. The van der Waals surface area contributed by atoms with Crippen molar-refractivity contribution in [1.29, 1.82) is 0 Å². The number of rotatable bonds is 6. The molecule has 1 amide bonds. The molecule has 0 aromatic heterocycles. The van der Waals surface area contributed by atoms with Gasteiger partial charge in [0.2, 0.25) is 10.0 Å². The summed E-state index contributed by atoms with van der Waals surface area (Å²) in [4.78, 5) is 14.5. The van der Waals surface area contributed by atoms with Crippen molar-refractivity contribution in [2.75, 3.05) is 19.7 Å². The molecule has 2 aromatic rings. The van der Waals surface area contributed by atoms with Crippen LogP contribution in [-0.4, -0.2) is 45.0 Å². The minimum absolute atomic E-state index is 0.0215. The van der Waals surface area contributed by atoms with E-state index in [2.05, 4.69) is 4.72 Å². The summed E-state index contributed by atoms with van der Waals surface area (Å²) in [6.07, 6.45) is 1.11. The predicted octanol–water partition coefficient (Wildman–Crippen LogP) is 3.61. The van der Waals surface area contributed by atoms with Gasteiger partial charge in [-0.05, 0) is 74.6 Å². The fourth-order valence-corrected chi connectivity index (χ4v) is 4.95. The number of aryl methyl sites for hydroxylation is 2. The molecule has 1 N–H and O–H groups in total. The largest absolute Gasteiger partial charge is 0.483 e. The molecule has 0 unspecified atom stereocenters. The maximum absolute atomic E-state index is 12.6. The Bertz CT molecular complexity index is 1010. The number of benzene rings is 2. The van der Waals surface area contributed by atoms with Crippen LogP contribution in [0, 0.1) is 20.8 Å². The number of sulfonamides is 1. The molecule has 0 atom stereocenters. The van der Waals surface area contributed by atoms with E-state index in [-0.39, 0.29) is 23.5 Å². The van der Waals surface area contributed by atoms with Crippen LogP contribution in [-0.2, 0) is 14.8 Å². The predicted molar refractivity (Wildman–Crippen MR) is 118 cm³/mol. The Hall–Kier alpha value is -2.09. The van der Waals surface area contributed by atoms with E-state index in [1.54, 1.807) is 17.0 Å². The van der Waals surface area contributed by atoms with Gasteiger partial charge in [0.25, 0.3) is 5.91 Å². The third-order valence-corrected chi connectivity index (χ3v) is 7.30. The summed E-state index contributed by atoms with van der Waals surface area (Å²) >= 11 is 5.83. The number of carbonyl (C=O) groups is 1. The molecule has 0 bridgehead atoms. The summed E-state index contributed by atoms with van der Waals surface area (Å²) < 4.78 is 33.6. The van der Waals surface area contributed by atoms with Gasteiger partial charge in [0.05, 0.1) is 4.90 Å². The van der Waals surface area contributed by atoms with Crippen LogP contribution in [0.3, 0.4) is 0 Å². The molecule has 2 aromatic carbocycles. The third kappa shape index (κ3) is 5.33. The Balaban J connectivity index is 1.52. The molecule has 3 rings (SSSR count). The van der Waals surface area contributed by atoms with Crippen molar-refractivity contribution < 1.29 is 17.9 Å². The highest BCUT2D eigenvalue weighted by atomic mass is 35.5. The number of likely N-dealkylation sites (tertiary alicyclic amines) is 1. The first-order valence-electron chi connectivity index (χ1n) is 9.92. The van der Waals surface area contributed by atoms with Crippen LogP contribution in [0.15, 0.2) is 41.3 Å². The zero-order valence-electron chi connectivity index (χ0n) is 17.4. The first-order chi connectivity index (χ1) is 14.2. The maximum Gasteiger partial charge on any atom is 0.260 e. The van der Waals surface area contributed by atoms with Crippen molar-refractivity contribution in [3.05, 3.63) is 58.1 Å². The molecule has 1 saturated heterocycles. The summed E-state index contributed by atoms with van der Waals surface area (Å²) in [7, 11) is -3.61. The van der Waals surface area contributed by atoms with E-state index in [9.17, 15) is 13.2 Å². The summed E-state index contributed by atoms with van der Waals surface area (Å²) in [6, 6.07) is 9.88. The molecule has 0 radical (unpaired) electrons. The van der Waals surface area contributed by atoms with Crippen LogP contribution in [0.1, 0.15) is 29.5 Å². The summed E-state index contributed by atoms with van der Waals surface area (Å²) in [5.41, 5.74) is 3.16. The van der Waals surface area contributed by atoms with Crippen molar-refractivity contribution in [3.8, 4) is 5.75 Å². The molecule has 1 aliphatic heterocycles. The molecule has 1 aliphatic rings. The smallest absolute Gasteiger partial charge is 0.260 e. The lowest BCUT2D eigenvalue weighted by molar-refractivity contribution is -0.134. The SMILES string of the molecule is Cc1ccc(C)c(OCC(=O)N2CCC(NS(=O)(=O)c3ccc(Cl)cc3)CC2)c1C. The maximum atomic E-state index is 12.6. The number of hydrogen-bond donors (Lipinski definition) is 1. The molecular weight excluding hydrogens is 424 g/mol. The molecule has 1 fully saturated rings. The second-order valence-corrected chi connectivity index (χ2v) is 9.82. The minimum atomic E-state index is -3.61. The Morgan fingerprint density at radius 3 is 2.30 bits per heavy atom. The molecule has 6 nitrogen and oxygen atoms in total. The van der Waals surface area contributed by atoms with Gasteiger partial charge in [-0.15, -0.1) is 0 Å². The van der Waals surface area contributed by atoms with Crippen LogP contribution in [0.25, 0.3) is 0 Å². The van der Waals surface area contributed by atoms with Crippen molar-refractivity contribution in [2.24, 2.45) is 0 Å². The number of amides is 1. The average Bonchev–Trinajstić information content (AvgIpc) is 2.71. The number of ether oxygens (including phenoxy) is 1. The van der Waals surface area contributed by atoms with E-state index in [4.69, 9.17) is 16.3 Å². The van der Waals surface area contributed by atoms with E-state index in [0.717, 1.165) is 22.4 Å². The highest BCUT2D eigenvalue weighted by molar-refractivity contribution is 7.89. The van der Waals surface area contributed by atoms with Crippen LogP contribution in [0.5, 0.6) is 5.75 Å². The number of halogens is 1. The number of piperidine rings is 1. The summed E-state index contributed by atoms with van der Waals surface area (Å²) in [5, 5.41) is 0.485. The van der Waals surface area contributed by atoms with Gasteiger partial charge >= 0.3 is 0 Å². The number of nitrogens with zero attached hydrogens (tertiary/aromatic N) is 1. The average molecular weight is 451 g/mol. The molecule has 0 saturated carbocycles. The van der Waals surface area contributed by atoms with E-state index < -0.39 is 10.0 Å². The molecule has 30 heavy (non-hydrogen) atoms. The van der Waals surface area contributed by atoms with Gasteiger partial charge in [-0.2, -0.15) is 0 Å². The van der Waals surface area contributed by atoms with Gasteiger partial charge in [0.1, 0.15) is 5.75 Å². The van der Waals surface area contributed by atoms with Crippen LogP contribution in [0.2, 0.25) is 5.02 Å². The van der Waals surface area contributed by atoms with Crippen molar-refractivity contribution in [2.45, 2.75) is 44.6 Å². The first kappa shape index (κ1) is 22.6. The Morgan fingerprint density at radius 2 is 1.67 bits per heavy atom. The minimum Gasteiger partial charge on any atom is -0.483 e. The van der Waals surface area contributed by atoms with E-state index >= 15 is 0 Å². The summed E-state index contributed by atoms with van der Waals surface area (Å²) in [6.45, 7) is 6.92. The van der Waals surface area contributed by atoms with E-state index in [1.165, 1.54) is 12.1 Å². The Labute approximate surface area is 183 Å². The van der Waals surface area contributed by atoms with Crippen LogP contribution < -0.4 is 9.46 Å². The quantitative estimate of drug-likeness (QED) is 0.729. The number of carbonyl (C=O) groups excluding carboxylic acids is 1. The van der Waals surface area contributed by atoms with Gasteiger partial charge in [0.15, 0.2) is 6.61 Å². The Morgan fingerprint density at radius 1 is 1.07 bits per heavy atom. The number of nitrogens with one attached hydrogen (secondary N) is 1. The molecule has 1 heterocycles. The van der Waals surface area contributed by atoms with Gasteiger partial charge in [-0.25, -0.2) is 13.1 Å². The monoisotopic (exact) mass is 450 g/mol. The standard InChI is InChI=1S/C22H27ClN2O4S/c1-15-4-5-16(2)22(17(15)3)29-14-21(26)25-12-10-19(11-13-25)24-30(27,28)20-8-6-18(23)7-9-20/h4-9,19,24H,10-14H2,1-3H3. The van der Waals surface area contributed by atoms with Gasteiger partial charge in [-0.1, -0.05) is 23.7 Å². The highest BCUT2D eigenvalue weighted by Crippen LogP contribution is 2.26. The van der Waals surface area contributed by atoms with E-state index in [0.29, 0.717) is 31.0 Å². The highest BCUT2D eigenvalue weighted by Gasteiger charge is 2.27. The van der Waals surface area contributed by atoms with Crippen molar-refractivity contribution in [3.63, 3.8) is 0 Å². The molecular formula is C22H27ClN2O4S. The topological polar surface area (TPSA) is 75.7 Å². The molecule has 8 heteroatoms. The zero-order chi connectivity index (χ0) is 21.9. The first-order valence-corrected chi connectivity index (χ1v) is 11.8. The molecule has 0 spiro atoms. The van der Waals surface area contributed by atoms with Gasteiger partial charge in [0, 0.05) is 24.2 Å². The summed E-state index contributed by atoms with van der Waals surface area (Å²) in [5.74, 6) is 0.670. The fraction of sp³-hybridized carbons (Fsp3) is 0.409. The zero-order valence-corrected chi connectivity index (χ0v) is 19.0. The van der Waals surface area contributed by atoms with Crippen molar-refractivity contribution in [1.82, 2.24) is 9.62 Å². The lowest BCUT2D eigenvalue weighted by Crippen LogP contribution is -2.47. The van der Waals surface area contributed by atoms with Crippen LogP contribution in [0.4, 0.5) is 0 Å². The van der Waals surface area contributed by atoms with Gasteiger partial charge in [-0.3, -0.25) is 4.79 Å². The lowest BCUT2D eigenvalue weighted by atomic mass is 10.1. The van der Waals surface area contributed by atoms with Gasteiger partial charge < -0.3 is 9.64 Å². The second-order valence-electron chi connectivity index (χ2n) is 7.67. The lowest BCUT2D eigenvalue weighted by Gasteiger charge is -2.32. The third-order valence-electron chi connectivity index (χ3n) is 5.51. The normalized spacial score (nSPS) is 15.3. The second kappa shape index (κ2) is 9.37. The molecule has 162 valence electrons. The van der Waals surface area contributed by atoms with E-state index in [1.807, 2.05) is 32.9 Å². The number of hydrogen-bond acceptors (Lipinski definition) is 4. The van der Waals surface area contributed by atoms with Crippen molar-refractivity contribution >= 4 is 27.5 Å². The van der Waals surface area contributed by atoms with Crippen LogP contribution >= 0.6 is 11.6 Å². The fourth-order valence-electron chi connectivity index (χ4n) is 3.52. The molecule has 0 aliphatic carbocycles.